The monoisotopic (exact) mass is 478 g/mol. The zero-order valence-electron chi connectivity index (χ0n) is 21.0. The van der Waals surface area contributed by atoms with Crippen molar-refractivity contribution in [1.82, 2.24) is 9.80 Å². The van der Waals surface area contributed by atoms with Crippen molar-refractivity contribution in [2.45, 2.75) is 56.6 Å². The van der Waals surface area contributed by atoms with Gasteiger partial charge in [0.15, 0.2) is 0 Å². The van der Waals surface area contributed by atoms with E-state index in [1.807, 2.05) is 67.5 Å². The molecule has 2 aliphatic rings. The van der Waals surface area contributed by atoms with Crippen LogP contribution in [0, 0.1) is 0 Å². The van der Waals surface area contributed by atoms with Crippen LogP contribution in [0.4, 0.5) is 0 Å². The summed E-state index contributed by atoms with van der Waals surface area (Å²) in [6.07, 6.45) is 2.75. The zero-order chi connectivity index (χ0) is 25.2. The van der Waals surface area contributed by atoms with Gasteiger partial charge in [0.25, 0.3) is 5.91 Å². The number of ether oxygens (including phenoxy) is 2. The number of esters is 2. The number of piperidine rings is 1. The number of likely N-dealkylation sites (N-methyl/N-ethyl adjacent to an activating group) is 1. The first-order valence-corrected chi connectivity index (χ1v) is 12.2. The highest BCUT2D eigenvalue weighted by Crippen LogP contribution is 2.54. The molecule has 3 unspecified atom stereocenters. The van der Waals surface area contributed by atoms with Gasteiger partial charge in [-0.1, -0.05) is 30.3 Å². The molecule has 7 heteroatoms. The Labute approximate surface area is 207 Å². The summed E-state index contributed by atoms with van der Waals surface area (Å²) < 4.78 is 11.6. The van der Waals surface area contributed by atoms with E-state index in [1.165, 1.54) is 13.8 Å². The molecule has 1 amide bonds. The molecule has 186 valence electrons. The van der Waals surface area contributed by atoms with Gasteiger partial charge in [-0.15, -0.1) is 0 Å². The van der Waals surface area contributed by atoms with Gasteiger partial charge in [0.2, 0.25) is 0 Å². The fourth-order valence-corrected chi connectivity index (χ4v) is 6.07. The summed E-state index contributed by atoms with van der Waals surface area (Å²) in [5.41, 5.74) is 0.348. The summed E-state index contributed by atoms with van der Waals surface area (Å²) in [6, 6.07) is 16.8. The molecule has 35 heavy (non-hydrogen) atoms. The van der Waals surface area contributed by atoms with E-state index in [9.17, 15) is 14.4 Å². The van der Waals surface area contributed by atoms with Gasteiger partial charge >= 0.3 is 11.9 Å². The molecule has 1 aliphatic carbocycles. The van der Waals surface area contributed by atoms with E-state index in [1.54, 1.807) is 6.07 Å². The van der Waals surface area contributed by atoms with Crippen molar-refractivity contribution in [1.29, 1.82) is 0 Å². The summed E-state index contributed by atoms with van der Waals surface area (Å²) in [5.74, 6) is -0.250. The van der Waals surface area contributed by atoms with Crippen LogP contribution in [0.5, 0.6) is 5.75 Å². The van der Waals surface area contributed by atoms with Gasteiger partial charge in [-0.25, -0.2) is 0 Å². The Morgan fingerprint density at radius 2 is 1.74 bits per heavy atom. The number of carbonyl (C=O) groups is 3. The molecule has 4 rings (SSSR count). The van der Waals surface area contributed by atoms with Crippen LogP contribution in [-0.4, -0.2) is 66.5 Å². The van der Waals surface area contributed by atoms with E-state index in [-0.39, 0.29) is 23.9 Å². The van der Waals surface area contributed by atoms with Gasteiger partial charge < -0.3 is 19.3 Å². The van der Waals surface area contributed by atoms with Crippen molar-refractivity contribution in [2.24, 2.45) is 0 Å². The lowest BCUT2D eigenvalue weighted by Crippen LogP contribution is -2.68. The Morgan fingerprint density at radius 1 is 1.00 bits per heavy atom. The minimum atomic E-state index is -0.742. The number of carbonyl (C=O) groups excluding carboxylic acids is 3. The predicted octanol–water partition coefficient (Wildman–Crippen LogP) is 3.81. The summed E-state index contributed by atoms with van der Waals surface area (Å²) >= 11 is 0. The average molecular weight is 479 g/mol. The van der Waals surface area contributed by atoms with Crippen molar-refractivity contribution in [2.75, 3.05) is 27.2 Å². The van der Waals surface area contributed by atoms with Crippen LogP contribution in [0.1, 0.15) is 55.5 Å². The first kappa shape index (κ1) is 24.9. The van der Waals surface area contributed by atoms with Crippen LogP contribution in [0.15, 0.2) is 54.6 Å². The largest absolute Gasteiger partial charge is 0.457 e. The van der Waals surface area contributed by atoms with E-state index in [4.69, 9.17) is 9.47 Å². The maximum Gasteiger partial charge on any atom is 0.308 e. The molecule has 1 heterocycles. The Bertz CT molecular complexity index is 1100. The number of hydrogen-bond acceptors (Lipinski definition) is 6. The van der Waals surface area contributed by atoms with Crippen LogP contribution in [-0.2, 0) is 19.7 Å². The summed E-state index contributed by atoms with van der Waals surface area (Å²) in [6.45, 7) is 4.27. The fourth-order valence-electron chi connectivity index (χ4n) is 6.07. The molecule has 0 N–H and O–H groups in total. The summed E-state index contributed by atoms with van der Waals surface area (Å²) in [5, 5.41) is 0. The van der Waals surface area contributed by atoms with Gasteiger partial charge in [0.1, 0.15) is 11.4 Å². The van der Waals surface area contributed by atoms with Crippen molar-refractivity contribution in [3.63, 3.8) is 0 Å². The highest BCUT2D eigenvalue weighted by molar-refractivity contribution is 5.94. The maximum absolute atomic E-state index is 13.3. The first-order chi connectivity index (χ1) is 16.7. The minimum Gasteiger partial charge on any atom is -0.457 e. The standard InChI is InChI=1S/C28H34N2O5/c1-20(31)34-25-12-8-11-23(17-25)27-15-16-29(3)19-28(27,35-21(2)32)14-13-24(18-27)30(4)26(33)22-9-6-5-7-10-22/h5-12,17,24H,13-16,18-19H2,1-4H3. The molecule has 1 saturated heterocycles. The molecule has 2 aromatic carbocycles. The Hall–Kier alpha value is -3.19. The number of benzene rings is 2. The first-order valence-electron chi connectivity index (χ1n) is 12.2. The molecular formula is C28H34N2O5. The zero-order valence-corrected chi connectivity index (χ0v) is 21.0. The summed E-state index contributed by atoms with van der Waals surface area (Å²) in [7, 11) is 3.90. The predicted molar refractivity (Wildman–Crippen MR) is 132 cm³/mol. The number of amides is 1. The molecular weight excluding hydrogens is 444 g/mol. The second-order valence-electron chi connectivity index (χ2n) is 9.96. The normalized spacial score (nSPS) is 26.3. The number of fused-ring (bicyclic) bond motifs is 1. The molecule has 2 fully saturated rings. The molecule has 7 nitrogen and oxygen atoms in total. The molecule has 3 atom stereocenters. The van der Waals surface area contributed by atoms with Gasteiger partial charge in [-0.3, -0.25) is 14.4 Å². The third-order valence-corrected chi connectivity index (χ3v) is 7.66. The Morgan fingerprint density at radius 3 is 2.43 bits per heavy atom. The lowest BCUT2D eigenvalue weighted by molar-refractivity contribution is -0.187. The number of rotatable bonds is 5. The lowest BCUT2D eigenvalue weighted by Gasteiger charge is -2.59. The maximum atomic E-state index is 13.3. The van der Waals surface area contributed by atoms with Gasteiger partial charge in [0.05, 0.1) is 0 Å². The topological polar surface area (TPSA) is 76.2 Å². The van der Waals surface area contributed by atoms with Crippen LogP contribution in [0.3, 0.4) is 0 Å². The second kappa shape index (κ2) is 9.82. The van der Waals surface area contributed by atoms with Crippen LogP contribution >= 0.6 is 0 Å². The van der Waals surface area contributed by atoms with E-state index >= 15 is 0 Å². The molecule has 2 aromatic rings. The van der Waals surface area contributed by atoms with Crippen LogP contribution in [0.2, 0.25) is 0 Å². The molecule has 1 aliphatic heterocycles. The van der Waals surface area contributed by atoms with Crippen molar-refractivity contribution < 1.29 is 23.9 Å². The van der Waals surface area contributed by atoms with Crippen molar-refractivity contribution in [3.8, 4) is 5.75 Å². The van der Waals surface area contributed by atoms with E-state index in [2.05, 4.69) is 4.90 Å². The third-order valence-electron chi connectivity index (χ3n) is 7.66. The molecule has 1 saturated carbocycles. The molecule has 0 radical (unpaired) electrons. The Kier molecular flexibility index (Phi) is 6.99. The number of hydrogen-bond donors (Lipinski definition) is 0. The third kappa shape index (κ3) is 4.82. The van der Waals surface area contributed by atoms with E-state index in [0.29, 0.717) is 30.7 Å². The SMILES string of the molecule is CC(=O)Oc1cccc(C23CCN(C)CC2(OC(C)=O)CCC(N(C)C(=O)c2ccccc2)C3)c1. The highest BCUT2D eigenvalue weighted by Gasteiger charge is 2.61. The molecule has 0 bridgehead atoms. The number of likely N-dealkylation sites (tertiary alicyclic amines) is 1. The van der Waals surface area contributed by atoms with Gasteiger partial charge in [0, 0.05) is 44.5 Å². The van der Waals surface area contributed by atoms with E-state index in [0.717, 1.165) is 24.9 Å². The van der Waals surface area contributed by atoms with Crippen molar-refractivity contribution >= 4 is 17.8 Å². The molecule has 0 aromatic heterocycles. The Balaban J connectivity index is 1.77. The van der Waals surface area contributed by atoms with Crippen molar-refractivity contribution in [3.05, 3.63) is 65.7 Å². The second-order valence-corrected chi connectivity index (χ2v) is 9.96. The smallest absolute Gasteiger partial charge is 0.308 e. The van der Waals surface area contributed by atoms with Crippen LogP contribution in [0.25, 0.3) is 0 Å². The van der Waals surface area contributed by atoms with E-state index < -0.39 is 11.0 Å². The minimum absolute atomic E-state index is 0.0210. The van der Waals surface area contributed by atoms with Crippen LogP contribution < -0.4 is 4.74 Å². The molecule has 0 spiro atoms. The fraction of sp³-hybridized carbons (Fsp3) is 0.464. The average Bonchev–Trinajstić information content (AvgIpc) is 2.82. The highest BCUT2D eigenvalue weighted by atomic mass is 16.6. The quantitative estimate of drug-likeness (QED) is 0.481. The summed E-state index contributed by atoms with van der Waals surface area (Å²) in [4.78, 5) is 41.4. The van der Waals surface area contributed by atoms with Gasteiger partial charge in [-0.2, -0.15) is 0 Å². The lowest BCUT2D eigenvalue weighted by atomic mass is 9.55. The van der Waals surface area contributed by atoms with Gasteiger partial charge in [-0.05, 0) is 69.1 Å². The number of nitrogens with zero attached hydrogens (tertiary/aromatic N) is 2.